The van der Waals surface area contributed by atoms with Crippen molar-refractivity contribution in [3.63, 3.8) is 0 Å². The van der Waals surface area contributed by atoms with Crippen LogP contribution in [-0.2, 0) is 12.8 Å². The molecule has 3 heteroatoms. The zero-order valence-electron chi connectivity index (χ0n) is 10.6. The van der Waals surface area contributed by atoms with Crippen LogP contribution < -0.4 is 0 Å². The van der Waals surface area contributed by atoms with Crippen LogP contribution in [0.5, 0.6) is 0 Å². The third-order valence-electron chi connectivity index (χ3n) is 2.72. The summed E-state index contributed by atoms with van der Waals surface area (Å²) in [6.45, 7) is 9.21. The van der Waals surface area contributed by atoms with Crippen LogP contribution in [0, 0.1) is 0 Å². The van der Waals surface area contributed by atoms with Gasteiger partial charge in [-0.1, -0.05) is 26.0 Å². The van der Waals surface area contributed by atoms with Gasteiger partial charge in [0, 0.05) is 5.56 Å². The number of carbonyl (C=O) groups is 1. The second kappa shape index (κ2) is 6.05. The van der Waals surface area contributed by atoms with E-state index in [9.17, 15) is 9.90 Å². The Morgan fingerprint density at radius 3 is 2.39 bits per heavy atom. The Kier molecular flexibility index (Phi) is 4.72. The molecule has 0 spiro atoms. The van der Waals surface area contributed by atoms with Crippen molar-refractivity contribution in [3.05, 3.63) is 53.6 Å². The molecule has 18 heavy (non-hydrogen) atoms. The molecular weight excluding hydrogens is 228 g/mol. The highest BCUT2D eigenvalue weighted by atomic mass is 16.4. The summed E-state index contributed by atoms with van der Waals surface area (Å²) in [7, 11) is 0. The molecule has 0 aliphatic carbocycles. The number of aliphatic hydroxyl groups is 1. The highest BCUT2D eigenvalue weighted by Gasteiger charge is 2.15. The number of aromatic carboxylic acids is 1. The van der Waals surface area contributed by atoms with Gasteiger partial charge < -0.3 is 10.2 Å². The number of carboxylic acids is 1. The van der Waals surface area contributed by atoms with Crippen LogP contribution >= 0.6 is 0 Å². The Morgan fingerprint density at radius 2 is 1.94 bits per heavy atom. The van der Waals surface area contributed by atoms with E-state index in [0.29, 0.717) is 18.4 Å². The Bertz CT molecular complexity index is 487. The summed E-state index contributed by atoms with van der Waals surface area (Å²) in [6.07, 6.45) is 3.77. The molecule has 0 amide bonds. The van der Waals surface area contributed by atoms with Gasteiger partial charge in [-0.25, -0.2) is 4.79 Å². The number of rotatable bonds is 6. The van der Waals surface area contributed by atoms with E-state index < -0.39 is 5.97 Å². The van der Waals surface area contributed by atoms with Crippen LogP contribution in [0.4, 0.5) is 0 Å². The molecule has 0 bridgehead atoms. The Hall–Kier alpha value is -2.03. The SMILES string of the molecule is C=CCc1cc(C(=O)O)cc(CCC)c1C(=C)O. The third kappa shape index (κ3) is 3.00. The zero-order valence-corrected chi connectivity index (χ0v) is 10.6. The van der Waals surface area contributed by atoms with Crippen LogP contribution in [-0.4, -0.2) is 16.2 Å². The van der Waals surface area contributed by atoms with Crippen molar-refractivity contribution in [3.8, 4) is 0 Å². The van der Waals surface area contributed by atoms with Gasteiger partial charge >= 0.3 is 5.97 Å². The maximum absolute atomic E-state index is 11.1. The standard InChI is InChI=1S/C15H18O3/c1-4-6-11-8-13(15(17)18)9-12(7-5-2)14(11)10(3)16/h4,8-9,16H,1,3,5-7H2,2H3,(H,17,18). The van der Waals surface area contributed by atoms with Crippen molar-refractivity contribution < 1.29 is 15.0 Å². The van der Waals surface area contributed by atoms with Crippen molar-refractivity contribution in [2.75, 3.05) is 0 Å². The van der Waals surface area contributed by atoms with Crippen LogP contribution in [0.25, 0.3) is 5.76 Å². The number of aryl methyl sites for hydroxylation is 1. The van der Waals surface area contributed by atoms with Gasteiger partial charge in [0.1, 0.15) is 5.76 Å². The van der Waals surface area contributed by atoms with Crippen molar-refractivity contribution in [2.24, 2.45) is 0 Å². The average Bonchev–Trinajstić information content (AvgIpc) is 2.28. The number of benzene rings is 1. The minimum Gasteiger partial charge on any atom is -0.508 e. The Balaban J connectivity index is 3.48. The van der Waals surface area contributed by atoms with Gasteiger partial charge in [0.05, 0.1) is 5.56 Å². The smallest absolute Gasteiger partial charge is 0.335 e. The summed E-state index contributed by atoms with van der Waals surface area (Å²) in [6, 6.07) is 3.18. The van der Waals surface area contributed by atoms with Gasteiger partial charge in [-0.05, 0) is 36.1 Å². The first-order chi connectivity index (χ1) is 8.51. The Labute approximate surface area is 107 Å². The van der Waals surface area contributed by atoms with Crippen LogP contribution in [0.1, 0.15) is 40.4 Å². The number of carboxylic acid groups (broad SMARTS) is 1. The van der Waals surface area contributed by atoms with Crippen molar-refractivity contribution in [2.45, 2.75) is 26.2 Å². The number of hydrogen-bond donors (Lipinski definition) is 2. The summed E-state index contributed by atoms with van der Waals surface area (Å²) in [5.41, 5.74) is 2.46. The first kappa shape index (κ1) is 14.0. The quantitative estimate of drug-likeness (QED) is 0.595. The summed E-state index contributed by atoms with van der Waals surface area (Å²) < 4.78 is 0. The minimum atomic E-state index is -0.965. The highest BCUT2D eigenvalue weighted by Crippen LogP contribution is 2.25. The predicted molar refractivity (Wildman–Crippen MR) is 73.0 cm³/mol. The first-order valence-electron chi connectivity index (χ1n) is 5.89. The highest BCUT2D eigenvalue weighted by molar-refractivity contribution is 5.89. The van der Waals surface area contributed by atoms with E-state index in [-0.39, 0.29) is 11.3 Å². The van der Waals surface area contributed by atoms with Crippen molar-refractivity contribution >= 4 is 11.7 Å². The molecule has 1 aromatic rings. The predicted octanol–water partition coefficient (Wildman–Crippen LogP) is 3.59. The van der Waals surface area contributed by atoms with E-state index >= 15 is 0 Å². The van der Waals surface area contributed by atoms with Gasteiger partial charge in [0.25, 0.3) is 0 Å². The monoisotopic (exact) mass is 246 g/mol. The molecule has 0 aliphatic rings. The van der Waals surface area contributed by atoms with Crippen LogP contribution in [0.3, 0.4) is 0 Å². The lowest BCUT2D eigenvalue weighted by molar-refractivity contribution is 0.0696. The molecule has 0 fully saturated rings. The first-order valence-corrected chi connectivity index (χ1v) is 5.89. The fourth-order valence-electron chi connectivity index (χ4n) is 2.04. The Morgan fingerprint density at radius 1 is 1.33 bits per heavy atom. The lowest BCUT2D eigenvalue weighted by atomic mass is 9.92. The molecule has 1 aromatic carbocycles. The summed E-state index contributed by atoms with van der Waals surface area (Å²) in [4.78, 5) is 11.1. The molecule has 1 rings (SSSR count). The van der Waals surface area contributed by atoms with E-state index in [2.05, 4.69) is 13.2 Å². The molecule has 0 heterocycles. The summed E-state index contributed by atoms with van der Waals surface area (Å²) in [5, 5.41) is 18.8. The molecule has 2 N–H and O–H groups in total. The minimum absolute atomic E-state index is 0.0211. The van der Waals surface area contributed by atoms with Gasteiger partial charge in [-0.3, -0.25) is 0 Å². The molecule has 0 atom stereocenters. The molecule has 96 valence electrons. The maximum atomic E-state index is 11.1. The van der Waals surface area contributed by atoms with Crippen molar-refractivity contribution in [1.29, 1.82) is 0 Å². The number of allylic oxidation sites excluding steroid dienone is 1. The van der Waals surface area contributed by atoms with E-state index in [1.165, 1.54) is 0 Å². The van der Waals surface area contributed by atoms with Crippen LogP contribution in [0.15, 0.2) is 31.4 Å². The molecule has 0 aliphatic heterocycles. The fraction of sp³-hybridized carbons (Fsp3) is 0.267. The van der Waals surface area contributed by atoms with Gasteiger partial charge in [0.15, 0.2) is 0 Å². The topological polar surface area (TPSA) is 57.5 Å². The molecule has 0 aromatic heterocycles. The van der Waals surface area contributed by atoms with Crippen molar-refractivity contribution in [1.82, 2.24) is 0 Å². The summed E-state index contributed by atoms with van der Waals surface area (Å²) in [5.74, 6) is -0.986. The molecule has 0 radical (unpaired) electrons. The summed E-state index contributed by atoms with van der Waals surface area (Å²) >= 11 is 0. The second-order valence-corrected chi connectivity index (χ2v) is 4.16. The number of hydrogen-bond acceptors (Lipinski definition) is 2. The van der Waals surface area contributed by atoms with E-state index in [1.807, 2.05) is 6.92 Å². The van der Waals surface area contributed by atoms with Gasteiger partial charge in [0.2, 0.25) is 0 Å². The fourth-order valence-corrected chi connectivity index (χ4v) is 2.04. The third-order valence-corrected chi connectivity index (χ3v) is 2.72. The van der Waals surface area contributed by atoms with Gasteiger partial charge in [-0.15, -0.1) is 6.58 Å². The van der Waals surface area contributed by atoms with E-state index in [4.69, 9.17) is 5.11 Å². The lowest BCUT2D eigenvalue weighted by Crippen LogP contribution is -2.05. The van der Waals surface area contributed by atoms with Gasteiger partial charge in [-0.2, -0.15) is 0 Å². The average molecular weight is 246 g/mol. The molecule has 3 nitrogen and oxygen atoms in total. The lowest BCUT2D eigenvalue weighted by Gasteiger charge is -2.14. The van der Waals surface area contributed by atoms with E-state index in [0.717, 1.165) is 17.5 Å². The molecule has 0 saturated heterocycles. The van der Waals surface area contributed by atoms with E-state index in [1.54, 1.807) is 18.2 Å². The maximum Gasteiger partial charge on any atom is 0.335 e. The largest absolute Gasteiger partial charge is 0.508 e. The second-order valence-electron chi connectivity index (χ2n) is 4.16. The molecule has 0 saturated carbocycles. The number of aliphatic hydroxyl groups excluding tert-OH is 1. The molecular formula is C15H18O3. The van der Waals surface area contributed by atoms with Crippen LogP contribution in [0.2, 0.25) is 0 Å². The normalized spacial score (nSPS) is 10.1. The molecule has 0 unspecified atom stereocenters. The zero-order chi connectivity index (χ0) is 13.7.